The fraction of sp³-hybridized carbons (Fsp3) is 0.922. The van der Waals surface area contributed by atoms with Gasteiger partial charge >= 0.3 is 17.9 Å². The van der Waals surface area contributed by atoms with Gasteiger partial charge in [-0.1, -0.05) is 309 Å². The van der Waals surface area contributed by atoms with Crippen molar-refractivity contribution in [1.29, 1.82) is 0 Å². The van der Waals surface area contributed by atoms with E-state index in [0.29, 0.717) is 19.3 Å². The Morgan fingerprint density at radius 3 is 0.714 bits per heavy atom. The molecule has 0 aromatic rings. The van der Waals surface area contributed by atoms with Crippen molar-refractivity contribution in [1.82, 2.24) is 0 Å². The molecule has 0 rings (SSSR count). The van der Waals surface area contributed by atoms with Gasteiger partial charge in [-0.05, 0) is 44.9 Å². The first kappa shape index (κ1) is 68.2. The molecule has 0 aromatic heterocycles. The van der Waals surface area contributed by atoms with Crippen LogP contribution in [0.5, 0.6) is 0 Å². The first-order valence-corrected chi connectivity index (χ1v) is 31.7. The van der Waals surface area contributed by atoms with Gasteiger partial charge in [-0.15, -0.1) is 0 Å². The van der Waals surface area contributed by atoms with Gasteiger partial charge in [-0.3, -0.25) is 14.4 Å². The van der Waals surface area contributed by atoms with Crippen molar-refractivity contribution in [3.05, 3.63) is 12.2 Å². The first-order valence-electron chi connectivity index (χ1n) is 31.7. The van der Waals surface area contributed by atoms with Gasteiger partial charge in [0.25, 0.3) is 0 Å². The number of carbonyl (C=O) groups is 3. The Balaban J connectivity index is 3.96. The number of unbranched alkanes of at least 4 members (excludes halogenated alkanes) is 46. The maximum absolute atomic E-state index is 12.8. The molecule has 70 heavy (non-hydrogen) atoms. The summed E-state index contributed by atoms with van der Waals surface area (Å²) in [5.74, 6) is -0.858. The highest BCUT2D eigenvalue weighted by Crippen LogP contribution is 2.18. The Kier molecular flexibility index (Phi) is 58.1. The van der Waals surface area contributed by atoms with Crippen molar-refractivity contribution in [2.75, 3.05) is 13.2 Å². The van der Waals surface area contributed by atoms with Crippen LogP contribution in [0.15, 0.2) is 12.2 Å². The molecule has 0 radical (unpaired) electrons. The third-order valence-electron chi connectivity index (χ3n) is 14.5. The largest absolute Gasteiger partial charge is 0.462 e. The molecular formula is C64H122O6. The lowest BCUT2D eigenvalue weighted by Crippen LogP contribution is -2.30. The van der Waals surface area contributed by atoms with Crippen LogP contribution in [0.2, 0.25) is 0 Å². The third-order valence-corrected chi connectivity index (χ3v) is 14.5. The van der Waals surface area contributed by atoms with Crippen LogP contribution in [0.1, 0.15) is 361 Å². The summed E-state index contributed by atoms with van der Waals surface area (Å²) in [4.78, 5) is 37.9. The quantitative estimate of drug-likeness (QED) is 0.0261. The number of hydrogen-bond acceptors (Lipinski definition) is 6. The van der Waals surface area contributed by atoms with E-state index in [1.807, 2.05) is 0 Å². The molecule has 0 heterocycles. The summed E-state index contributed by atoms with van der Waals surface area (Å²) < 4.78 is 16.8. The molecule has 0 fully saturated rings. The molecule has 0 saturated heterocycles. The minimum absolute atomic E-state index is 0.0668. The van der Waals surface area contributed by atoms with Crippen LogP contribution in [-0.4, -0.2) is 37.2 Å². The van der Waals surface area contributed by atoms with Crippen LogP contribution < -0.4 is 0 Å². The molecule has 6 nitrogen and oxygen atoms in total. The molecule has 0 N–H and O–H groups in total. The van der Waals surface area contributed by atoms with Crippen molar-refractivity contribution in [3.8, 4) is 0 Å². The van der Waals surface area contributed by atoms with Gasteiger partial charge in [0.1, 0.15) is 13.2 Å². The van der Waals surface area contributed by atoms with Gasteiger partial charge in [-0.25, -0.2) is 0 Å². The molecule has 414 valence electrons. The van der Waals surface area contributed by atoms with Crippen LogP contribution in [0.25, 0.3) is 0 Å². The first-order chi connectivity index (χ1) is 34.5. The molecule has 0 bridgehead atoms. The molecule has 0 aromatic carbocycles. The number of allylic oxidation sites excluding steroid dienone is 2. The minimum atomic E-state index is -0.765. The fourth-order valence-electron chi connectivity index (χ4n) is 9.74. The predicted octanol–water partition coefficient (Wildman–Crippen LogP) is 21.3. The minimum Gasteiger partial charge on any atom is -0.462 e. The Morgan fingerprint density at radius 2 is 0.471 bits per heavy atom. The van der Waals surface area contributed by atoms with Crippen LogP contribution in [0, 0.1) is 0 Å². The Bertz CT molecular complexity index is 1090. The normalized spacial score (nSPS) is 12.0. The summed E-state index contributed by atoms with van der Waals surface area (Å²) in [5.41, 5.74) is 0. The van der Waals surface area contributed by atoms with E-state index >= 15 is 0 Å². The molecule has 0 aliphatic carbocycles. The van der Waals surface area contributed by atoms with Gasteiger partial charge in [0.15, 0.2) is 6.10 Å². The Labute approximate surface area is 437 Å². The molecule has 0 saturated carbocycles. The summed E-state index contributed by atoms with van der Waals surface area (Å²) in [5, 5.41) is 0. The lowest BCUT2D eigenvalue weighted by molar-refractivity contribution is -0.167. The van der Waals surface area contributed by atoms with Crippen LogP contribution >= 0.6 is 0 Å². The van der Waals surface area contributed by atoms with E-state index in [9.17, 15) is 14.4 Å². The van der Waals surface area contributed by atoms with Crippen LogP contribution in [0.3, 0.4) is 0 Å². The van der Waals surface area contributed by atoms with Crippen molar-refractivity contribution in [2.24, 2.45) is 0 Å². The second kappa shape index (κ2) is 59.7. The molecular weight excluding hydrogens is 865 g/mol. The molecule has 1 unspecified atom stereocenters. The van der Waals surface area contributed by atoms with Crippen molar-refractivity contribution in [3.63, 3.8) is 0 Å². The molecule has 0 aliphatic rings. The number of rotatable bonds is 59. The maximum atomic E-state index is 12.8. The highest BCUT2D eigenvalue weighted by molar-refractivity contribution is 5.71. The van der Waals surface area contributed by atoms with Gasteiger partial charge in [0.2, 0.25) is 0 Å². The van der Waals surface area contributed by atoms with Crippen LogP contribution in [0.4, 0.5) is 0 Å². The highest BCUT2D eigenvalue weighted by atomic mass is 16.6. The summed E-state index contributed by atoms with van der Waals surface area (Å²) in [6, 6.07) is 0. The average molecular weight is 988 g/mol. The van der Waals surface area contributed by atoms with E-state index in [1.165, 1.54) is 263 Å². The predicted molar refractivity (Wildman–Crippen MR) is 303 cm³/mol. The highest BCUT2D eigenvalue weighted by Gasteiger charge is 2.19. The summed E-state index contributed by atoms with van der Waals surface area (Å²) in [6.07, 6.45) is 69.8. The van der Waals surface area contributed by atoms with E-state index in [-0.39, 0.29) is 31.1 Å². The summed E-state index contributed by atoms with van der Waals surface area (Å²) >= 11 is 0. The number of carbonyl (C=O) groups excluding carboxylic acids is 3. The van der Waals surface area contributed by atoms with Crippen molar-refractivity contribution >= 4 is 17.9 Å². The second-order valence-corrected chi connectivity index (χ2v) is 21.7. The molecule has 0 amide bonds. The van der Waals surface area contributed by atoms with Crippen molar-refractivity contribution < 1.29 is 28.6 Å². The zero-order valence-electron chi connectivity index (χ0n) is 47.6. The second-order valence-electron chi connectivity index (χ2n) is 21.7. The van der Waals surface area contributed by atoms with Gasteiger partial charge in [-0.2, -0.15) is 0 Å². The standard InChI is InChI=1S/C64H122O6/c1-4-7-10-13-16-18-20-22-24-26-27-28-29-30-31-32-33-34-35-36-37-39-40-42-44-46-48-51-54-57-63(66)69-60-61(59-68-62(65)56-53-50-15-12-9-6-3)70-64(67)58-55-52-49-47-45-43-41-38-25-23-21-19-17-14-11-8-5-2/h23,25,61H,4-22,24,26-60H2,1-3H3/b25-23-. The molecule has 6 heteroatoms. The van der Waals surface area contributed by atoms with E-state index in [1.54, 1.807) is 0 Å². The topological polar surface area (TPSA) is 78.9 Å². The van der Waals surface area contributed by atoms with E-state index < -0.39 is 6.10 Å². The fourth-order valence-corrected chi connectivity index (χ4v) is 9.74. The lowest BCUT2D eigenvalue weighted by Gasteiger charge is -2.18. The summed E-state index contributed by atoms with van der Waals surface area (Å²) in [7, 11) is 0. The smallest absolute Gasteiger partial charge is 0.306 e. The Morgan fingerprint density at radius 1 is 0.271 bits per heavy atom. The Hall–Kier alpha value is -1.85. The van der Waals surface area contributed by atoms with Gasteiger partial charge in [0, 0.05) is 19.3 Å². The number of ether oxygens (including phenoxy) is 3. The van der Waals surface area contributed by atoms with E-state index in [4.69, 9.17) is 14.2 Å². The molecule has 0 spiro atoms. The monoisotopic (exact) mass is 987 g/mol. The summed E-state index contributed by atoms with van der Waals surface area (Å²) in [6.45, 7) is 6.63. The van der Waals surface area contributed by atoms with E-state index in [0.717, 1.165) is 57.8 Å². The SMILES string of the molecule is CCCCCCCC/C=C\CCCCCCCCCC(=O)OC(COC(=O)CCCCCCCC)COC(=O)CCCCCCCCCCCCCCCCCCCCCCCCCCCCCCC. The zero-order valence-corrected chi connectivity index (χ0v) is 47.6. The maximum Gasteiger partial charge on any atom is 0.306 e. The van der Waals surface area contributed by atoms with Crippen LogP contribution in [-0.2, 0) is 28.6 Å². The van der Waals surface area contributed by atoms with Gasteiger partial charge < -0.3 is 14.2 Å². The average Bonchev–Trinajstić information content (AvgIpc) is 3.36. The lowest BCUT2D eigenvalue weighted by atomic mass is 10.0. The number of esters is 3. The van der Waals surface area contributed by atoms with Gasteiger partial charge in [0.05, 0.1) is 0 Å². The molecule has 1 atom stereocenters. The van der Waals surface area contributed by atoms with E-state index in [2.05, 4.69) is 32.9 Å². The molecule has 0 aliphatic heterocycles. The number of hydrogen-bond donors (Lipinski definition) is 0. The zero-order chi connectivity index (χ0) is 50.7. The third kappa shape index (κ3) is 57.1. The van der Waals surface area contributed by atoms with Crippen molar-refractivity contribution in [2.45, 2.75) is 367 Å².